The number of rotatable bonds is 7. The average molecular weight is 386 g/mol. The van der Waals surface area contributed by atoms with Crippen LogP contribution in [0.25, 0.3) is 0 Å². The SMILES string of the molecule is O=C(COC(=O)CCC(=O)c1cccs1)Nc1ccc(Cl)c(Cl)c1. The Labute approximate surface area is 152 Å². The average Bonchev–Trinajstić information content (AvgIpc) is 3.08. The van der Waals surface area contributed by atoms with Gasteiger partial charge in [0.25, 0.3) is 5.91 Å². The lowest BCUT2D eigenvalue weighted by Crippen LogP contribution is -2.21. The summed E-state index contributed by atoms with van der Waals surface area (Å²) in [4.78, 5) is 35.6. The minimum Gasteiger partial charge on any atom is -0.456 e. The largest absolute Gasteiger partial charge is 0.456 e. The number of carbonyl (C=O) groups excluding carboxylic acids is 3. The van der Waals surface area contributed by atoms with Gasteiger partial charge in [-0.1, -0.05) is 29.3 Å². The van der Waals surface area contributed by atoms with Crippen LogP contribution in [-0.2, 0) is 14.3 Å². The molecule has 126 valence electrons. The fraction of sp³-hybridized carbons (Fsp3) is 0.188. The van der Waals surface area contributed by atoms with Crippen molar-refractivity contribution in [1.82, 2.24) is 0 Å². The number of Topliss-reactive ketones (excluding diaryl/α,β-unsaturated/α-hetero) is 1. The highest BCUT2D eigenvalue weighted by Gasteiger charge is 2.12. The first-order chi connectivity index (χ1) is 11.5. The minimum absolute atomic E-state index is 0.0494. The van der Waals surface area contributed by atoms with Gasteiger partial charge in [-0.25, -0.2) is 0 Å². The number of anilines is 1. The van der Waals surface area contributed by atoms with E-state index >= 15 is 0 Å². The molecule has 1 amide bonds. The zero-order chi connectivity index (χ0) is 17.5. The zero-order valence-corrected chi connectivity index (χ0v) is 14.7. The summed E-state index contributed by atoms with van der Waals surface area (Å²) in [6.07, 6.45) is -0.0233. The van der Waals surface area contributed by atoms with Crippen LogP contribution in [-0.4, -0.2) is 24.3 Å². The van der Waals surface area contributed by atoms with Gasteiger partial charge < -0.3 is 10.1 Å². The van der Waals surface area contributed by atoms with E-state index in [0.29, 0.717) is 20.6 Å². The van der Waals surface area contributed by atoms with Gasteiger partial charge in [-0.15, -0.1) is 11.3 Å². The first kappa shape index (κ1) is 18.4. The van der Waals surface area contributed by atoms with Crippen LogP contribution in [0.2, 0.25) is 10.0 Å². The standard InChI is InChI=1S/C16H13Cl2NO4S/c17-11-4-3-10(8-12(11)18)19-15(21)9-23-16(22)6-5-13(20)14-2-1-7-24-14/h1-4,7-8H,5-6,9H2,(H,19,21). The Morgan fingerprint density at radius 2 is 1.88 bits per heavy atom. The zero-order valence-electron chi connectivity index (χ0n) is 12.4. The molecule has 0 saturated heterocycles. The fourth-order valence-corrected chi connectivity index (χ4v) is 2.76. The van der Waals surface area contributed by atoms with Crippen LogP contribution in [0, 0.1) is 0 Å². The number of hydrogen-bond donors (Lipinski definition) is 1. The van der Waals surface area contributed by atoms with E-state index in [1.165, 1.54) is 17.4 Å². The first-order valence-corrected chi connectivity index (χ1v) is 8.56. The van der Waals surface area contributed by atoms with Crippen molar-refractivity contribution in [2.24, 2.45) is 0 Å². The van der Waals surface area contributed by atoms with Crippen LogP contribution < -0.4 is 5.32 Å². The molecule has 8 heteroatoms. The molecule has 0 aliphatic carbocycles. The number of nitrogens with one attached hydrogen (secondary N) is 1. The fourth-order valence-electron chi connectivity index (χ4n) is 1.77. The molecule has 0 aliphatic rings. The van der Waals surface area contributed by atoms with Crippen LogP contribution in [0.5, 0.6) is 0 Å². The maximum Gasteiger partial charge on any atom is 0.306 e. The Bertz CT molecular complexity index is 747. The number of ether oxygens (including phenoxy) is 1. The topological polar surface area (TPSA) is 72.5 Å². The number of benzene rings is 1. The molecular formula is C16H13Cl2NO4S. The summed E-state index contributed by atoms with van der Waals surface area (Å²) in [6.45, 7) is -0.438. The molecule has 1 aromatic heterocycles. The smallest absolute Gasteiger partial charge is 0.306 e. The maximum absolute atomic E-state index is 11.7. The Balaban J connectivity index is 1.72. The quantitative estimate of drug-likeness (QED) is 0.572. The summed E-state index contributed by atoms with van der Waals surface area (Å²) >= 11 is 12.9. The minimum atomic E-state index is -0.607. The van der Waals surface area contributed by atoms with Gasteiger partial charge in [0.05, 0.1) is 21.3 Å². The Morgan fingerprint density at radius 1 is 1.08 bits per heavy atom. The van der Waals surface area contributed by atoms with Crippen LogP contribution in [0.4, 0.5) is 5.69 Å². The van der Waals surface area contributed by atoms with Gasteiger partial charge in [-0.05, 0) is 29.6 Å². The summed E-state index contributed by atoms with van der Waals surface area (Å²) in [7, 11) is 0. The van der Waals surface area contributed by atoms with Crippen molar-refractivity contribution >= 4 is 57.9 Å². The van der Waals surface area contributed by atoms with E-state index in [0.717, 1.165) is 0 Å². The molecule has 0 unspecified atom stereocenters. The molecule has 2 aromatic rings. The normalized spacial score (nSPS) is 10.2. The number of halogens is 2. The molecule has 0 saturated carbocycles. The first-order valence-electron chi connectivity index (χ1n) is 6.93. The van der Waals surface area contributed by atoms with E-state index in [1.54, 1.807) is 29.6 Å². The number of hydrogen-bond acceptors (Lipinski definition) is 5. The summed E-state index contributed by atoms with van der Waals surface area (Å²) in [5.74, 6) is -1.24. The second-order valence-electron chi connectivity index (χ2n) is 4.74. The van der Waals surface area contributed by atoms with E-state index in [4.69, 9.17) is 27.9 Å². The number of thiophene rings is 1. The molecule has 0 spiro atoms. The van der Waals surface area contributed by atoms with Gasteiger partial charge in [0.15, 0.2) is 12.4 Å². The van der Waals surface area contributed by atoms with E-state index in [9.17, 15) is 14.4 Å². The Morgan fingerprint density at radius 3 is 2.54 bits per heavy atom. The number of esters is 1. The molecule has 2 rings (SSSR count). The highest BCUT2D eigenvalue weighted by atomic mass is 35.5. The highest BCUT2D eigenvalue weighted by molar-refractivity contribution is 7.12. The summed E-state index contributed by atoms with van der Waals surface area (Å²) in [6, 6.07) is 8.07. The van der Waals surface area contributed by atoms with Gasteiger partial charge >= 0.3 is 5.97 Å². The molecule has 0 aliphatic heterocycles. The van der Waals surface area contributed by atoms with Crippen molar-refractivity contribution in [3.63, 3.8) is 0 Å². The summed E-state index contributed by atoms with van der Waals surface area (Å²) < 4.78 is 4.84. The lowest BCUT2D eigenvalue weighted by atomic mass is 10.2. The van der Waals surface area contributed by atoms with Crippen LogP contribution in [0.3, 0.4) is 0 Å². The molecule has 0 fully saturated rings. The molecule has 1 heterocycles. The Kier molecular flexibility index (Phi) is 6.78. The lowest BCUT2D eigenvalue weighted by Gasteiger charge is -2.07. The molecule has 5 nitrogen and oxygen atoms in total. The van der Waals surface area contributed by atoms with Gasteiger partial charge in [0.2, 0.25) is 0 Å². The molecular weight excluding hydrogens is 373 g/mol. The second kappa shape index (κ2) is 8.82. The number of carbonyl (C=O) groups is 3. The summed E-state index contributed by atoms with van der Waals surface area (Å²) in [5, 5.41) is 4.99. The van der Waals surface area contributed by atoms with Gasteiger partial charge in [0.1, 0.15) is 0 Å². The van der Waals surface area contributed by atoms with Crippen LogP contribution in [0.15, 0.2) is 35.7 Å². The van der Waals surface area contributed by atoms with Crippen molar-refractivity contribution in [2.45, 2.75) is 12.8 Å². The van der Waals surface area contributed by atoms with E-state index in [1.807, 2.05) is 0 Å². The van der Waals surface area contributed by atoms with Crippen molar-refractivity contribution in [1.29, 1.82) is 0 Å². The molecule has 1 aromatic carbocycles. The molecule has 0 radical (unpaired) electrons. The Hall–Kier alpha value is -1.89. The lowest BCUT2D eigenvalue weighted by molar-refractivity contribution is -0.147. The van der Waals surface area contributed by atoms with Crippen molar-refractivity contribution < 1.29 is 19.1 Å². The van der Waals surface area contributed by atoms with E-state index < -0.39 is 18.5 Å². The molecule has 0 atom stereocenters. The van der Waals surface area contributed by atoms with Crippen molar-refractivity contribution in [2.75, 3.05) is 11.9 Å². The predicted molar refractivity (Wildman–Crippen MR) is 93.9 cm³/mol. The third kappa shape index (κ3) is 5.63. The van der Waals surface area contributed by atoms with E-state index in [-0.39, 0.29) is 18.6 Å². The van der Waals surface area contributed by atoms with Crippen LogP contribution >= 0.6 is 34.5 Å². The van der Waals surface area contributed by atoms with Gasteiger partial charge in [0, 0.05) is 12.1 Å². The molecule has 1 N–H and O–H groups in total. The number of amides is 1. The predicted octanol–water partition coefficient (Wildman–Crippen LogP) is 4.20. The molecule has 0 bridgehead atoms. The maximum atomic E-state index is 11.7. The number of ketones is 1. The van der Waals surface area contributed by atoms with Crippen LogP contribution in [0.1, 0.15) is 22.5 Å². The monoisotopic (exact) mass is 385 g/mol. The van der Waals surface area contributed by atoms with Crippen molar-refractivity contribution in [3.05, 3.63) is 50.6 Å². The third-order valence-electron chi connectivity index (χ3n) is 2.92. The third-order valence-corrected chi connectivity index (χ3v) is 4.57. The molecule has 24 heavy (non-hydrogen) atoms. The van der Waals surface area contributed by atoms with Gasteiger partial charge in [-0.2, -0.15) is 0 Å². The van der Waals surface area contributed by atoms with Gasteiger partial charge in [-0.3, -0.25) is 14.4 Å². The second-order valence-corrected chi connectivity index (χ2v) is 6.50. The van der Waals surface area contributed by atoms with Crippen molar-refractivity contribution in [3.8, 4) is 0 Å². The van der Waals surface area contributed by atoms with E-state index in [2.05, 4.69) is 5.32 Å². The highest BCUT2D eigenvalue weighted by Crippen LogP contribution is 2.24. The summed E-state index contributed by atoms with van der Waals surface area (Å²) in [5.41, 5.74) is 0.443.